The third kappa shape index (κ3) is 167. The minimum atomic E-state index is 0. The van der Waals surface area contributed by atoms with Crippen LogP contribution in [0.4, 0.5) is 0 Å². The molecule has 1 heteroatoms. The van der Waals surface area contributed by atoms with E-state index in [0.717, 1.165) is 0 Å². The van der Waals surface area contributed by atoms with Crippen LogP contribution in [0, 0.1) is 12.3 Å². The topological polar surface area (TPSA) is 0 Å². The van der Waals surface area contributed by atoms with E-state index in [1.165, 1.54) is 0 Å². The Bertz CT molecular complexity index is 19.4. The molecule has 0 aromatic rings. The summed E-state index contributed by atoms with van der Waals surface area (Å²) >= 11 is 0. The summed E-state index contributed by atoms with van der Waals surface area (Å²) in [5.74, 6) is 0. The second kappa shape index (κ2) is 2.72. The predicted octanol–water partition coefficient (Wildman–Crippen LogP) is 1.22. The fraction of sp³-hybridized carbons (Fsp3) is 0.800. The summed E-state index contributed by atoms with van der Waals surface area (Å²) in [6.45, 7) is 10.0. The van der Waals surface area contributed by atoms with Gasteiger partial charge in [0.2, 0.25) is 0 Å². The zero-order chi connectivity index (χ0) is 4.50. The van der Waals surface area contributed by atoms with Crippen LogP contribution in [-0.2, 0) is 0 Å². The maximum absolute atomic E-state index is 3.77. The van der Waals surface area contributed by atoms with Gasteiger partial charge in [-0.15, -0.1) is 0 Å². The second-order valence-electron chi connectivity index (χ2n) is 2.56. The molecule has 0 saturated heterocycles. The molecule has 0 nitrogen and oxygen atoms in total. The van der Waals surface area contributed by atoms with E-state index in [0.29, 0.717) is 0 Å². The summed E-state index contributed by atoms with van der Waals surface area (Å²) in [4.78, 5) is 0. The molecule has 0 aromatic heterocycles. The van der Waals surface area contributed by atoms with Gasteiger partial charge in [0.05, 0.1) is 0 Å². The van der Waals surface area contributed by atoms with Crippen LogP contribution in [0.3, 0.4) is 0 Å². The summed E-state index contributed by atoms with van der Waals surface area (Å²) in [6.07, 6.45) is 0. The molecule has 0 spiro atoms. The monoisotopic (exact) mass is 79.1 g/mol. The molecule has 0 bridgehead atoms. The van der Waals surface area contributed by atoms with Crippen molar-refractivity contribution >= 4 is 18.9 Å². The Morgan fingerprint density at radius 3 is 1.17 bits per heavy atom. The van der Waals surface area contributed by atoms with Gasteiger partial charge in [-0.25, -0.2) is 0 Å². The van der Waals surface area contributed by atoms with Crippen LogP contribution in [-0.4, -0.2) is 18.9 Å². The van der Waals surface area contributed by atoms with Crippen molar-refractivity contribution in [2.45, 2.75) is 20.8 Å². The van der Waals surface area contributed by atoms with Crippen molar-refractivity contribution in [3.63, 3.8) is 0 Å². The number of rotatable bonds is 0. The molecule has 0 saturated carbocycles. The Labute approximate surface area is 52.5 Å². The molecule has 0 aliphatic heterocycles. The molecule has 0 amide bonds. The molecular weight excluding hydrogens is 67.0 g/mol. The van der Waals surface area contributed by atoms with E-state index in [2.05, 4.69) is 27.7 Å². The molecule has 0 aromatic carbocycles. The van der Waals surface area contributed by atoms with Gasteiger partial charge in [0.25, 0.3) is 0 Å². The maximum atomic E-state index is 3.77. The van der Waals surface area contributed by atoms with Gasteiger partial charge in [0, 0.05) is 0 Å². The van der Waals surface area contributed by atoms with Crippen LogP contribution >= 0.6 is 0 Å². The first-order chi connectivity index (χ1) is 2.00. The zero-order valence-electron chi connectivity index (χ0n) is 4.21. The number of hydrogen-bond donors (Lipinski definition) is 0. The molecule has 33 valence electrons. The zero-order valence-corrected chi connectivity index (χ0v) is 4.21. The van der Waals surface area contributed by atoms with E-state index < -0.39 is 0 Å². The fourth-order valence-electron chi connectivity index (χ4n) is 0. The average molecular weight is 79.1 g/mol. The minimum absolute atomic E-state index is 0. The Morgan fingerprint density at radius 2 is 1.17 bits per heavy atom. The molecule has 0 aliphatic carbocycles. The van der Waals surface area contributed by atoms with E-state index in [-0.39, 0.29) is 24.3 Å². The van der Waals surface area contributed by atoms with Gasteiger partial charge in [0.1, 0.15) is 0 Å². The van der Waals surface area contributed by atoms with Crippen molar-refractivity contribution in [3.8, 4) is 0 Å². The van der Waals surface area contributed by atoms with Crippen LogP contribution in [0.5, 0.6) is 0 Å². The third-order valence-corrected chi connectivity index (χ3v) is 0. The van der Waals surface area contributed by atoms with E-state index in [1.807, 2.05) is 0 Å². The SMILES string of the molecule is [CH2]C(C)(C)C.[LiH]. The fourth-order valence-corrected chi connectivity index (χ4v) is 0. The second-order valence-corrected chi connectivity index (χ2v) is 2.56. The van der Waals surface area contributed by atoms with Crippen molar-refractivity contribution in [1.29, 1.82) is 0 Å². The van der Waals surface area contributed by atoms with Gasteiger partial charge >= 0.3 is 18.9 Å². The van der Waals surface area contributed by atoms with Gasteiger partial charge in [-0.1, -0.05) is 20.8 Å². The van der Waals surface area contributed by atoms with E-state index in [1.54, 1.807) is 0 Å². The molecule has 0 rings (SSSR count). The predicted molar refractivity (Wildman–Crippen MR) is 32.0 cm³/mol. The molecular formula is C5H12Li. The molecule has 0 atom stereocenters. The molecule has 0 aliphatic rings. The standard InChI is InChI=1S/C5H11.Li.H/c1-5(2,3)4;;/h1H2,2-4H3;;. The Kier molecular flexibility index (Phi) is 4.43. The quantitative estimate of drug-likeness (QED) is 0.383. The molecule has 0 N–H and O–H groups in total. The van der Waals surface area contributed by atoms with Crippen LogP contribution < -0.4 is 0 Å². The van der Waals surface area contributed by atoms with Crippen molar-refractivity contribution in [1.82, 2.24) is 0 Å². The number of hydrogen-bond acceptors (Lipinski definition) is 0. The van der Waals surface area contributed by atoms with Gasteiger partial charge < -0.3 is 0 Å². The summed E-state index contributed by atoms with van der Waals surface area (Å²) < 4.78 is 0. The van der Waals surface area contributed by atoms with Gasteiger partial charge in [-0.3, -0.25) is 0 Å². The molecule has 0 fully saturated rings. The van der Waals surface area contributed by atoms with E-state index in [4.69, 9.17) is 0 Å². The van der Waals surface area contributed by atoms with Crippen molar-refractivity contribution in [2.75, 3.05) is 0 Å². The Morgan fingerprint density at radius 1 is 1.17 bits per heavy atom. The van der Waals surface area contributed by atoms with Crippen LogP contribution in [0.15, 0.2) is 0 Å². The van der Waals surface area contributed by atoms with Gasteiger partial charge in [-0.2, -0.15) is 0 Å². The van der Waals surface area contributed by atoms with Crippen molar-refractivity contribution < 1.29 is 0 Å². The van der Waals surface area contributed by atoms with Gasteiger partial charge in [0.15, 0.2) is 0 Å². The summed E-state index contributed by atoms with van der Waals surface area (Å²) in [5.41, 5.74) is 0.250. The Balaban J connectivity index is 0. The first-order valence-corrected chi connectivity index (χ1v) is 1.85. The van der Waals surface area contributed by atoms with Crippen LogP contribution in [0.1, 0.15) is 20.8 Å². The average Bonchev–Trinajstić information content (AvgIpc) is 0.722. The van der Waals surface area contributed by atoms with Crippen LogP contribution in [0.2, 0.25) is 0 Å². The summed E-state index contributed by atoms with van der Waals surface area (Å²) in [5, 5.41) is 0. The van der Waals surface area contributed by atoms with E-state index in [9.17, 15) is 0 Å². The first-order valence-electron chi connectivity index (χ1n) is 1.85. The summed E-state index contributed by atoms with van der Waals surface area (Å²) in [6, 6.07) is 0. The molecule has 0 unspecified atom stereocenters. The van der Waals surface area contributed by atoms with Crippen LogP contribution in [0.25, 0.3) is 0 Å². The molecule has 1 radical (unpaired) electrons. The molecule has 0 heterocycles. The third-order valence-electron chi connectivity index (χ3n) is 0. The van der Waals surface area contributed by atoms with Crippen molar-refractivity contribution in [2.24, 2.45) is 5.41 Å². The van der Waals surface area contributed by atoms with Crippen molar-refractivity contribution in [3.05, 3.63) is 6.92 Å². The normalized spacial score (nSPS) is 10.0. The summed E-state index contributed by atoms with van der Waals surface area (Å²) in [7, 11) is 0. The van der Waals surface area contributed by atoms with Gasteiger partial charge in [-0.05, 0) is 12.3 Å². The van der Waals surface area contributed by atoms with E-state index >= 15 is 0 Å². The molecule has 6 heavy (non-hydrogen) atoms. The Hall–Kier alpha value is 0.597. The first kappa shape index (κ1) is 9.78.